The molecule has 0 heterocycles. The van der Waals surface area contributed by atoms with Crippen LogP contribution in [0.3, 0.4) is 0 Å². The van der Waals surface area contributed by atoms with Crippen LogP contribution in [0.4, 0.5) is 17.1 Å². The second kappa shape index (κ2) is 16.5. The molecule has 0 saturated carbocycles. The molecule has 9 nitrogen and oxygen atoms in total. The molecule has 0 saturated heterocycles. The van der Waals surface area contributed by atoms with Gasteiger partial charge in [0.15, 0.2) is 0 Å². The summed E-state index contributed by atoms with van der Waals surface area (Å²) in [5, 5.41) is 17.2. The van der Waals surface area contributed by atoms with Gasteiger partial charge < -0.3 is 26.0 Å². The van der Waals surface area contributed by atoms with Crippen molar-refractivity contribution in [1.82, 2.24) is 5.32 Å². The van der Waals surface area contributed by atoms with E-state index in [2.05, 4.69) is 16.0 Å². The van der Waals surface area contributed by atoms with Crippen LogP contribution >= 0.6 is 23.4 Å². The molecule has 4 N–H and O–H groups in total. The monoisotopic (exact) mass is 704 g/mol. The molecule has 11 heteroatoms. The van der Waals surface area contributed by atoms with E-state index in [0.717, 1.165) is 5.69 Å². The zero-order chi connectivity index (χ0) is 35.6. The largest absolute Gasteiger partial charge is 0.478 e. The number of nitrogens with zero attached hydrogens (tertiary/aromatic N) is 1. The van der Waals surface area contributed by atoms with E-state index in [0.29, 0.717) is 27.3 Å². The lowest BCUT2D eigenvalue weighted by Gasteiger charge is -2.18. The van der Waals surface area contributed by atoms with Crippen LogP contribution in [-0.4, -0.2) is 42.9 Å². The quantitative estimate of drug-likeness (QED) is 0.0766. The third-order valence-electron chi connectivity index (χ3n) is 7.40. The standard InChI is InChI=1S/C39H33ClN4O5S/c1-44(2)30-19-16-25(17-20-30)22-34(43-36(45)27-12-7-4-8-13-27)37(46)41-28-14-9-15-31(23-28)50-35(26-10-5-3-6-11-26)38(47)42-29-18-21-33(40)32(24-29)39(48)49/h3-24,35H,1-2H3,(H,41,46)(H,42,47)(H,43,45)(H,48,49)/b34-22+. The van der Waals surface area contributed by atoms with Crippen molar-refractivity contribution in [2.45, 2.75) is 10.1 Å². The highest BCUT2D eigenvalue weighted by Crippen LogP contribution is 2.37. The smallest absolute Gasteiger partial charge is 0.337 e. The molecule has 5 aromatic rings. The molecule has 0 fully saturated rings. The number of thioether (sulfide) groups is 1. The van der Waals surface area contributed by atoms with Crippen molar-refractivity contribution in [1.29, 1.82) is 0 Å². The maximum absolute atomic E-state index is 13.7. The molecular weight excluding hydrogens is 672 g/mol. The van der Waals surface area contributed by atoms with Gasteiger partial charge in [-0.25, -0.2) is 4.79 Å². The number of carbonyl (C=O) groups is 4. The molecule has 0 aliphatic rings. The first-order valence-corrected chi connectivity index (χ1v) is 16.7. The molecule has 0 spiro atoms. The summed E-state index contributed by atoms with van der Waals surface area (Å²) in [7, 11) is 3.86. The average Bonchev–Trinajstić information content (AvgIpc) is 3.12. The second-order valence-corrected chi connectivity index (χ2v) is 12.8. The molecule has 3 amide bonds. The van der Waals surface area contributed by atoms with Gasteiger partial charge in [0.25, 0.3) is 11.8 Å². The molecule has 5 aromatic carbocycles. The summed E-state index contributed by atoms with van der Waals surface area (Å²) >= 11 is 7.27. The number of benzene rings is 5. The fourth-order valence-corrected chi connectivity index (χ4v) is 6.12. The normalized spacial score (nSPS) is 11.6. The Balaban J connectivity index is 1.38. The van der Waals surface area contributed by atoms with E-state index in [1.165, 1.54) is 30.0 Å². The van der Waals surface area contributed by atoms with Crippen LogP contribution in [-0.2, 0) is 9.59 Å². The SMILES string of the molecule is CN(C)c1ccc(/C=C(/NC(=O)c2ccccc2)C(=O)Nc2cccc(SC(C(=O)Nc3ccc(Cl)c(C(=O)O)c3)c3ccccc3)c2)cc1. The van der Waals surface area contributed by atoms with Crippen molar-refractivity contribution < 1.29 is 24.3 Å². The number of anilines is 3. The van der Waals surface area contributed by atoms with Crippen molar-refractivity contribution in [3.05, 3.63) is 160 Å². The molecule has 0 bridgehead atoms. The predicted molar refractivity (Wildman–Crippen MR) is 200 cm³/mol. The van der Waals surface area contributed by atoms with E-state index in [9.17, 15) is 24.3 Å². The third-order valence-corrected chi connectivity index (χ3v) is 8.98. The Morgan fingerprint density at radius 2 is 1.42 bits per heavy atom. The average molecular weight is 705 g/mol. The van der Waals surface area contributed by atoms with E-state index >= 15 is 0 Å². The van der Waals surface area contributed by atoms with E-state index in [1.807, 2.05) is 79.7 Å². The van der Waals surface area contributed by atoms with Gasteiger partial charge in [-0.2, -0.15) is 0 Å². The third kappa shape index (κ3) is 9.40. The predicted octanol–water partition coefficient (Wildman–Crippen LogP) is 7.99. The first kappa shape index (κ1) is 35.5. The molecule has 1 unspecified atom stereocenters. The van der Waals surface area contributed by atoms with Crippen LogP contribution in [0, 0.1) is 0 Å². The number of amides is 3. The molecule has 5 rings (SSSR count). The van der Waals surface area contributed by atoms with E-state index in [4.69, 9.17) is 11.6 Å². The molecule has 0 aliphatic heterocycles. The van der Waals surface area contributed by atoms with Crippen LogP contribution < -0.4 is 20.9 Å². The summed E-state index contributed by atoms with van der Waals surface area (Å²) in [5.41, 5.74) is 3.45. The molecule has 0 aliphatic carbocycles. The number of nitrogens with one attached hydrogen (secondary N) is 3. The number of hydrogen-bond donors (Lipinski definition) is 4. The van der Waals surface area contributed by atoms with Crippen molar-refractivity contribution in [3.63, 3.8) is 0 Å². The molecular formula is C39H33ClN4O5S. The Labute approximate surface area is 299 Å². The second-order valence-electron chi connectivity index (χ2n) is 11.2. The maximum Gasteiger partial charge on any atom is 0.337 e. The highest BCUT2D eigenvalue weighted by molar-refractivity contribution is 8.00. The fourth-order valence-electron chi connectivity index (χ4n) is 4.83. The van der Waals surface area contributed by atoms with Gasteiger partial charge in [0.1, 0.15) is 10.9 Å². The summed E-state index contributed by atoms with van der Waals surface area (Å²) in [6.07, 6.45) is 1.61. The van der Waals surface area contributed by atoms with Crippen LogP contribution in [0.15, 0.2) is 138 Å². The van der Waals surface area contributed by atoms with Crippen LogP contribution in [0.1, 0.15) is 37.1 Å². The van der Waals surface area contributed by atoms with Crippen LogP contribution in [0.25, 0.3) is 6.08 Å². The van der Waals surface area contributed by atoms with Crippen molar-refractivity contribution in [2.24, 2.45) is 0 Å². The minimum Gasteiger partial charge on any atom is -0.478 e. The first-order chi connectivity index (χ1) is 24.1. The summed E-state index contributed by atoms with van der Waals surface area (Å²) in [6.45, 7) is 0. The molecule has 0 aromatic heterocycles. The molecule has 0 radical (unpaired) electrons. The number of aromatic carboxylic acids is 1. The molecule has 1 atom stereocenters. The zero-order valence-corrected chi connectivity index (χ0v) is 28.7. The molecule has 50 heavy (non-hydrogen) atoms. The van der Waals surface area contributed by atoms with Crippen LogP contribution in [0.2, 0.25) is 5.02 Å². The van der Waals surface area contributed by atoms with Crippen molar-refractivity contribution in [3.8, 4) is 0 Å². The highest BCUT2D eigenvalue weighted by atomic mass is 35.5. The highest BCUT2D eigenvalue weighted by Gasteiger charge is 2.23. The van der Waals surface area contributed by atoms with Gasteiger partial charge in [-0.05, 0) is 77.9 Å². The van der Waals surface area contributed by atoms with Gasteiger partial charge in [-0.3, -0.25) is 14.4 Å². The minimum absolute atomic E-state index is 0.0414. The number of carboxylic acid groups (broad SMARTS) is 1. The lowest BCUT2D eigenvalue weighted by atomic mass is 10.1. The number of hydrogen-bond acceptors (Lipinski definition) is 6. The van der Waals surface area contributed by atoms with Gasteiger partial charge in [0.2, 0.25) is 5.91 Å². The number of halogens is 1. The van der Waals surface area contributed by atoms with Crippen LogP contribution in [0.5, 0.6) is 0 Å². The van der Waals surface area contributed by atoms with Crippen molar-refractivity contribution >= 4 is 70.2 Å². The van der Waals surface area contributed by atoms with E-state index in [1.54, 1.807) is 54.6 Å². The first-order valence-electron chi connectivity index (χ1n) is 15.4. The Kier molecular flexibility index (Phi) is 11.7. The Morgan fingerprint density at radius 3 is 2.08 bits per heavy atom. The van der Waals surface area contributed by atoms with E-state index in [-0.39, 0.29) is 27.9 Å². The fraction of sp³-hybridized carbons (Fsp3) is 0.0769. The lowest BCUT2D eigenvalue weighted by molar-refractivity contribution is -0.116. The van der Waals surface area contributed by atoms with Gasteiger partial charge in [-0.1, -0.05) is 78.3 Å². The summed E-state index contributed by atoms with van der Waals surface area (Å²) in [4.78, 5) is 54.7. The van der Waals surface area contributed by atoms with Crippen molar-refractivity contribution in [2.75, 3.05) is 29.6 Å². The van der Waals surface area contributed by atoms with Gasteiger partial charge in [0, 0.05) is 41.6 Å². The lowest BCUT2D eigenvalue weighted by Crippen LogP contribution is -2.30. The number of rotatable bonds is 12. The number of carbonyl (C=O) groups excluding carboxylic acids is 3. The van der Waals surface area contributed by atoms with Gasteiger partial charge in [-0.15, -0.1) is 11.8 Å². The Bertz CT molecular complexity index is 2040. The topological polar surface area (TPSA) is 128 Å². The maximum atomic E-state index is 13.7. The van der Waals surface area contributed by atoms with Gasteiger partial charge in [0.05, 0.1) is 10.6 Å². The summed E-state index contributed by atoms with van der Waals surface area (Å²) in [5.74, 6) is -2.57. The summed E-state index contributed by atoms with van der Waals surface area (Å²) < 4.78 is 0. The summed E-state index contributed by atoms with van der Waals surface area (Å²) in [6, 6.07) is 36.6. The number of carboxylic acids is 1. The zero-order valence-electron chi connectivity index (χ0n) is 27.1. The Morgan fingerprint density at radius 1 is 0.760 bits per heavy atom. The minimum atomic E-state index is -1.21. The van der Waals surface area contributed by atoms with Gasteiger partial charge >= 0.3 is 5.97 Å². The van der Waals surface area contributed by atoms with E-state index < -0.39 is 23.0 Å². The Hall–Kier alpha value is -5.84. The molecule has 252 valence electrons.